The number of hydrogen-bond acceptors (Lipinski definition) is 1. The Kier molecular flexibility index (Phi) is 18.1. The molecule has 0 saturated carbocycles. The molecule has 0 fully saturated rings. The van der Waals surface area contributed by atoms with Crippen molar-refractivity contribution < 1.29 is 52.9 Å². The molecule has 1 N–H and O–H groups in total. The second-order valence-electron chi connectivity index (χ2n) is 5.49. The molecule has 0 saturated heterocycles. The van der Waals surface area contributed by atoms with Gasteiger partial charge >= 0.3 is 41.9 Å². The van der Waals surface area contributed by atoms with E-state index in [0.29, 0.717) is 11.5 Å². The van der Waals surface area contributed by atoms with E-state index < -0.39 is 5.91 Å². The molecule has 2 nitrogen and oxygen atoms in total. The molecule has 1 aliphatic carbocycles. The minimum atomic E-state index is -0.629. The van der Waals surface area contributed by atoms with Crippen LogP contribution in [0.15, 0.2) is 47.1 Å². The molecule has 0 radical (unpaired) electrons. The van der Waals surface area contributed by atoms with Gasteiger partial charge in [-0.25, -0.2) is 5.57 Å². The van der Waals surface area contributed by atoms with Crippen LogP contribution in [0.2, 0.25) is 13.1 Å². The van der Waals surface area contributed by atoms with Crippen LogP contribution in [0, 0.1) is 12.0 Å². The van der Waals surface area contributed by atoms with E-state index in [4.69, 9.17) is 5.73 Å². The zero-order valence-corrected chi connectivity index (χ0v) is 20.1. The first-order valence-corrected chi connectivity index (χ1v) is 13.5. The quantitative estimate of drug-likeness (QED) is 0.407. The average Bonchev–Trinajstić information content (AvgIpc) is 2.66. The van der Waals surface area contributed by atoms with Crippen LogP contribution in [0.3, 0.4) is 0 Å². The third-order valence-corrected chi connectivity index (χ3v) is 3.27. The predicted octanol–water partition coefficient (Wildman–Crippen LogP) is -0.607. The summed E-state index contributed by atoms with van der Waals surface area (Å²) >= 11 is 1.74. The van der Waals surface area contributed by atoms with Crippen molar-refractivity contribution in [2.75, 3.05) is 0 Å². The summed E-state index contributed by atoms with van der Waals surface area (Å²) in [6.45, 7) is 13.3. The molecule has 1 unspecified atom stereocenters. The molecule has 1 amide bonds. The summed E-state index contributed by atoms with van der Waals surface area (Å²) in [5.41, 5.74) is 11.6. The van der Waals surface area contributed by atoms with E-state index in [-0.39, 0.29) is 30.2 Å². The molecule has 24 heavy (non-hydrogen) atoms. The molecule has 1 aliphatic rings. The van der Waals surface area contributed by atoms with E-state index in [0.717, 1.165) is 0 Å². The first-order valence-electron chi connectivity index (χ1n) is 7.27. The van der Waals surface area contributed by atoms with E-state index in [1.807, 2.05) is 6.07 Å². The van der Waals surface area contributed by atoms with Crippen LogP contribution in [0.4, 0.5) is 0 Å². The Morgan fingerprint density at radius 3 is 1.71 bits per heavy atom. The molecule has 1 aromatic carbocycles. The molecule has 1 atom stereocenters. The van der Waals surface area contributed by atoms with Crippen molar-refractivity contribution in [3.8, 4) is 0 Å². The maximum atomic E-state index is 10.3. The maximum Gasteiger partial charge on any atom is 0.0796 e. The summed E-state index contributed by atoms with van der Waals surface area (Å²) in [5.74, 6) is -0.0689. The number of amides is 1. The van der Waals surface area contributed by atoms with E-state index in [1.165, 1.54) is 16.7 Å². The first-order chi connectivity index (χ1) is 10.2. The minimum absolute atomic E-state index is 0. The average molecular weight is 462 g/mol. The van der Waals surface area contributed by atoms with E-state index in [9.17, 15) is 4.79 Å². The summed E-state index contributed by atoms with van der Waals surface area (Å²) in [7, 11) is 0. The normalized spacial score (nSPS) is 14.7. The predicted molar refractivity (Wildman–Crippen MR) is 92.5 cm³/mol. The van der Waals surface area contributed by atoms with E-state index in [2.05, 4.69) is 46.9 Å². The molecule has 1 aromatic rings. The first kappa shape index (κ1) is 28.6. The summed E-state index contributed by atoms with van der Waals surface area (Å²) < 4.78 is 0. The monoisotopic (exact) mass is 459 g/mol. The Bertz CT molecular complexity index is 582. The van der Waals surface area contributed by atoms with Crippen molar-refractivity contribution in [2.24, 2.45) is 5.92 Å². The fraction of sp³-hybridized carbons (Fsp3) is 0.389. The topological polar surface area (TPSA) is 40.9 Å². The molecular weight excluding hydrogens is 436 g/mol. The Labute approximate surface area is 174 Å². The van der Waals surface area contributed by atoms with Crippen LogP contribution in [0.1, 0.15) is 38.1 Å². The Hall–Kier alpha value is -0.150. The van der Waals surface area contributed by atoms with Gasteiger partial charge in [0.25, 0.3) is 0 Å². The number of carbonyl (C=O) groups excluding carboxylic acids is 1. The zero-order chi connectivity index (χ0) is 17.3. The summed E-state index contributed by atoms with van der Waals surface area (Å²) in [6, 6.07) is 8.53. The molecule has 6 heteroatoms. The molecule has 0 heterocycles. The van der Waals surface area contributed by atoms with Crippen LogP contribution in [0.5, 0.6) is 0 Å². The van der Waals surface area contributed by atoms with Gasteiger partial charge in [-0.15, -0.1) is 6.92 Å². The second kappa shape index (κ2) is 15.1. The fourth-order valence-electron chi connectivity index (χ4n) is 1.75. The van der Waals surface area contributed by atoms with Crippen molar-refractivity contribution in [2.45, 2.75) is 40.8 Å². The van der Waals surface area contributed by atoms with Gasteiger partial charge in [-0.05, 0) is 5.56 Å². The standard InChI is InChI=1S/C9H13.C7H7NO.C2H6Si.2ClH.Zr/c1-6-5-7(2)9(4)8(6)3;8-7(9)6-4-2-1-3-5-6;1-3-2;;;/h6H,1-4H3;1-5H,(H2,8,9);1-2H3;2*1H;/q-1;;;;;+2/p-3. The molecule has 2 rings (SSSR count). The number of benzene rings is 1. The van der Waals surface area contributed by atoms with Crippen molar-refractivity contribution >= 4 is 11.3 Å². The number of rotatable bonds is 1. The molecule has 132 valence electrons. The number of allylic oxidation sites excluding steroid dienone is 4. The number of hydrogen-bond donors (Lipinski definition) is 0. The van der Waals surface area contributed by atoms with Crippen molar-refractivity contribution in [3.63, 3.8) is 0 Å². The summed E-state index contributed by atoms with van der Waals surface area (Å²) in [5, 5.41) is 0. The molecule has 0 aromatic heterocycles. The van der Waals surface area contributed by atoms with Gasteiger partial charge in [-0.1, -0.05) is 57.0 Å². The van der Waals surface area contributed by atoms with Crippen molar-refractivity contribution in [3.05, 3.63) is 64.4 Å². The van der Waals surface area contributed by atoms with Gasteiger partial charge in [0.15, 0.2) is 0 Å². The van der Waals surface area contributed by atoms with Gasteiger partial charge in [-0.3, -0.25) is 6.08 Å². The SMILES string of the molecule is CC1=[C-]C(C)C(C)=C1C.C[Si](C)=[Zr+2].[Cl-].[Cl-].[NH-]C(=O)c1ccccc1. The molecule has 0 aliphatic heterocycles. The summed E-state index contributed by atoms with van der Waals surface area (Å²) in [4.78, 5) is 10.3. The second-order valence-corrected chi connectivity index (χ2v) is 14.9. The third kappa shape index (κ3) is 12.2. The fourth-order valence-corrected chi connectivity index (χ4v) is 1.75. The smallest absolute Gasteiger partial charge is 0.0796 e. The Morgan fingerprint density at radius 2 is 1.54 bits per heavy atom. The molecule has 0 bridgehead atoms. The Balaban J connectivity index is -0.000000283. The van der Waals surface area contributed by atoms with E-state index >= 15 is 0 Å². The van der Waals surface area contributed by atoms with Gasteiger partial charge in [0, 0.05) is 0 Å². The number of halogens is 2. The van der Waals surface area contributed by atoms with Crippen LogP contribution in [0.25, 0.3) is 5.73 Å². The van der Waals surface area contributed by atoms with Crippen LogP contribution >= 0.6 is 0 Å². The van der Waals surface area contributed by atoms with Gasteiger partial charge in [0.1, 0.15) is 0 Å². The van der Waals surface area contributed by atoms with Gasteiger partial charge in [0.2, 0.25) is 0 Å². The number of nitrogens with one attached hydrogen (secondary N) is 1. The van der Waals surface area contributed by atoms with Crippen molar-refractivity contribution in [1.29, 1.82) is 0 Å². The molecule has 0 spiro atoms. The Morgan fingerprint density at radius 1 is 1.12 bits per heavy atom. The van der Waals surface area contributed by atoms with E-state index in [1.54, 1.807) is 47.6 Å². The number of carbonyl (C=O) groups is 1. The van der Waals surface area contributed by atoms with Crippen molar-refractivity contribution in [1.82, 2.24) is 0 Å². The van der Waals surface area contributed by atoms with Crippen LogP contribution < -0.4 is 24.8 Å². The largest absolute Gasteiger partial charge is 1.00 e. The van der Waals surface area contributed by atoms with Gasteiger partial charge in [0.05, 0.1) is 5.91 Å². The maximum absolute atomic E-state index is 10.3. The molecular formula is C18H25Cl2NOSiZr-2. The minimum Gasteiger partial charge on any atom is -1.00 e. The third-order valence-electron chi connectivity index (χ3n) is 3.27. The zero-order valence-electron chi connectivity index (χ0n) is 15.1. The van der Waals surface area contributed by atoms with Gasteiger partial charge in [-0.2, -0.15) is 11.1 Å². The summed E-state index contributed by atoms with van der Waals surface area (Å²) in [6.07, 6.45) is 3.36. The van der Waals surface area contributed by atoms with Crippen LogP contribution in [-0.4, -0.2) is 11.3 Å². The van der Waals surface area contributed by atoms with Gasteiger partial charge < -0.3 is 35.3 Å². The van der Waals surface area contributed by atoms with Crippen LogP contribution in [-0.2, 0) is 23.3 Å².